The lowest BCUT2D eigenvalue weighted by atomic mass is 9.79. The molecule has 1 rings (SSSR count). The molecule has 0 fully saturated rings. The van der Waals surface area contributed by atoms with E-state index in [1.807, 2.05) is 0 Å². The Morgan fingerprint density at radius 3 is 2.47 bits per heavy atom. The summed E-state index contributed by atoms with van der Waals surface area (Å²) >= 11 is 0. The summed E-state index contributed by atoms with van der Waals surface area (Å²) in [7, 11) is -2.84. The molecule has 0 amide bonds. The van der Waals surface area contributed by atoms with Crippen LogP contribution in [0.3, 0.4) is 0 Å². The molecule has 4 heteroatoms. The predicted molar refractivity (Wildman–Crippen MR) is 72.9 cm³/mol. The Bertz CT molecular complexity index is 377. The number of sulfone groups is 1. The smallest absolute Gasteiger partial charge is 0.148 e. The van der Waals surface area contributed by atoms with Crippen LogP contribution in [-0.4, -0.2) is 33.0 Å². The van der Waals surface area contributed by atoms with Gasteiger partial charge in [0.05, 0.1) is 5.75 Å². The molecule has 0 saturated carbocycles. The molecule has 100 valence electrons. The van der Waals surface area contributed by atoms with Gasteiger partial charge < -0.3 is 5.32 Å². The van der Waals surface area contributed by atoms with Crippen molar-refractivity contribution in [2.75, 3.05) is 18.6 Å². The largest absolute Gasteiger partial charge is 0.313 e. The monoisotopic (exact) mass is 259 g/mol. The lowest BCUT2D eigenvalue weighted by Gasteiger charge is -2.30. The normalized spacial score (nSPS) is 22.4. The molecular formula is C13H25NO2S. The fourth-order valence-electron chi connectivity index (χ4n) is 2.15. The lowest BCUT2D eigenvalue weighted by molar-refractivity contribution is 0.414. The molecule has 1 unspecified atom stereocenters. The second-order valence-electron chi connectivity index (χ2n) is 6.03. The minimum absolute atomic E-state index is 0.235. The first kappa shape index (κ1) is 14.7. The van der Waals surface area contributed by atoms with Crippen molar-refractivity contribution in [3.8, 4) is 0 Å². The Labute approximate surface area is 106 Å². The highest BCUT2D eigenvalue weighted by molar-refractivity contribution is 7.90. The Balaban J connectivity index is 2.35. The molecule has 1 aliphatic rings. The minimum atomic E-state index is -2.84. The molecule has 0 spiro atoms. The van der Waals surface area contributed by atoms with Gasteiger partial charge in [-0.1, -0.05) is 32.4 Å². The predicted octanol–water partition coefficient (Wildman–Crippen LogP) is 2.15. The summed E-state index contributed by atoms with van der Waals surface area (Å²) in [5.74, 6) is 0.235. The van der Waals surface area contributed by atoms with Crippen LogP contribution in [0, 0.1) is 5.41 Å². The van der Waals surface area contributed by atoms with E-state index < -0.39 is 9.84 Å². The molecular weight excluding hydrogens is 234 g/mol. The van der Waals surface area contributed by atoms with E-state index >= 15 is 0 Å². The second kappa shape index (κ2) is 5.53. The maximum Gasteiger partial charge on any atom is 0.148 e. The van der Waals surface area contributed by atoms with Gasteiger partial charge in [-0.15, -0.1) is 0 Å². The van der Waals surface area contributed by atoms with Crippen molar-refractivity contribution in [2.45, 2.75) is 46.1 Å². The first-order valence-corrected chi connectivity index (χ1v) is 8.35. The lowest BCUT2D eigenvalue weighted by Crippen LogP contribution is -2.34. The van der Waals surface area contributed by atoms with Gasteiger partial charge in [-0.05, 0) is 24.7 Å². The van der Waals surface area contributed by atoms with Crippen molar-refractivity contribution in [3.05, 3.63) is 11.6 Å². The van der Waals surface area contributed by atoms with Crippen molar-refractivity contribution in [1.82, 2.24) is 5.32 Å². The standard InChI is InChI=1S/C13H25NO2S/c1-13(2,3)11-5-7-12(8-6-11)14-9-10-17(4,15)16/h5,12,14H,6-10H2,1-4H3. The minimum Gasteiger partial charge on any atom is -0.313 e. The maximum atomic E-state index is 11.0. The van der Waals surface area contributed by atoms with Gasteiger partial charge in [-0.3, -0.25) is 0 Å². The van der Waals surface area contributed by atoms with E-state index in [2.05, 4.69) is 32.2 Å². The number of hydrogen-bond acceptors (Lipinski definition) is 3. The molecule has 17 heavy (non-hydrogen) atoms. The van der Waals surface area contributed by atoms with Gasteiger partial charge in [0.15, 0.2) is 0 Å². The molecule has 1 atom stereocenters. The molecule has 0 heterocycles. The molecule has 1 N–H and O–H groups in total. The van der Waals surface area contributed by atoms with Crippen LogP contribution in [0.1, 0.15) is 40.0 Å². The van der Waals surface area contributed by atoms with Gasteiger partial charge in [0.25, 0.3) is 0 Å². The highest BCUT2D eigenvalue weighted by atomic mass is 32.2. The van der Waals surface area contributed by atoms with Gasteiger partial charge in [-0.2, -0.15) is 0 Å². The molecule has 0 aliphatic heterocycles. The van der Waals surface area contributed by atoms with Crippen molar-refractivity contribution in [2.24, 2.45) is 5.41 Å². The Morgan fingerprint density at radius 1 is 1.41 bits per heavy atom. The highest BCUT2D eigenvalue weighted by Gasteiger charge is 2.22. The third-order valence-corrected chi connectivity index (χ3v) is 4.23. The van der Waals surface area contributed by atoms with Crippen LogP contribution in [-0.2, 0) is 9.84 Å². The maximum absolute atomic E-state index is 11.0. The summed E-state index contributed by atoms with van der Waals surface area (Å²) in [4.78, 5) is 0. The summed E-state index contributed by atoms with van der Waals surface area (Å²) in [5, 5.41) is 3.33. The molecule has 0 aromatic carbocycles. The Morgan fingerprint density at radius 2 is 2.06 bits per heavy atom. The van der Waals surface area contributed by atoms with E-state index in [9.17, 15) is 8.42 Å². The fourth-order valence-corrected chi connectivity index (χ4v) is 2.64. The van der Waals surface area contributed by atoms with Gasteiger partial charge in [-0.25, -0.2) is 8.42 Å². The average molecular weight is 259 g/mol. The molecule has 1 aliphatic carbocycles. The van der Waals surface area contributed by atoms with E-state index in [4.69, 9.17) is 0 Å². The van der Waals surface area contributed by atoms with Crippen LogP contribution in [0.2, 0.25) is 0 Å². The summed E-state index contributed by atoms with van der Waals surface area (Å²) in [6.07, 6.45) is 6.87. The van der Waals surface area contributed by atoms with Gasteiger partial charge in [0.2, 0.25) is 0 Å². The zero-order valence-electron chi connectivity index (χ0n) is 11.4. The van der Waals surface area contributed by atoms with Crippen LogP contribution in [0.15, 0.2) is 11.6 Å². The topological polar surface area (TPSA) is 46.2 Å². The van der Waals surface area contributed by atoms with E-state index in [0.29, 0.717) is 12.6 Å². The molecule has 0 aromatic rings. The number of allylic oxidation sites excluding steroid dienone is 1. The first-order chi connectivity index (χ1) is 7.68. The van der Waals surface area contributed by atoms with Crippen molar-refractivity contribution < 1.29 is 8.42 Å². The summed E-state index contributed by atoms with van der Waals surface area (Å²) in [5.41, 5.74) is 1.80. The Kier molecular flexibility index (Phi) is 4.78. The Hall–Kier alpha value is -0.350. The molecule has 0 bridgehead atoms. The molecule has 3 nitrogen and oxygen atoms in total. The SMILES string of the molecule is CC(C)(C)C1=CCC(NCCS(C)(=O)=O)CC1. The van der Waals surface area contributed by atoms with E-state index in [-0.39, 0.29) is 11.2 Å². The number of nitrogens with one attached hydrogen (secondary N) is 1. The molecule has 0 radical (unpaired) electrons. The second-order valence-corrected chi connectivity index (χ2v) is 8.29. The fraction of sp³-hybridized carbons (Fsp3) is 0.846. The van der Waals surface area contributed by atoms with Crippen LogP contribution in [0.5, 0.6) is 0 Å². The summed E-state index contributed by atoms with van der Waals surface area (Å²) in [6.45, 7) is 7.31. The number of rotatable bonds is 4. The van der Waals surface area contributed by atoms with Crippen molar-refractivity contribution >= 4 is 9.84 Å². The third-order valence-electron chi connectivity index (χ3n) is 3.28. The number of hydrogen-bond donors (Lipinski definition) is 1. The summed E-state index contributed by atoms with van der Waals surface area (Å²) < 4.78 is 22.0. The van der Waals surface area contributed by atoms with E-state index in [0.717, 1.165) is 19.3 Å². The zero-order chi connectivity index (χ0) is 13.1. The summed E-state index contributed by atoms with van der Waals surface area (Å²) in [6, 6.07) is 0.447. The van der Waals surface area contributed by atoms with Crippen LogP contribution in [0.25, 0.3) is 0 Å². The van der Waals surface area contributed by atoms with Gasteiger partial charge in [0, 0.05) is 18.8 Å². The zero-order valence-corrected chi connectivity index (χ0v) is 12.2. The first-order valence-electron chi connectivity index (χ1n) is 6.29. The van der Waals surface area contributed by atoms with Crippen LogP contribution < -0.4 is 5.32 Å². The van der Waals surface area contributed by atoms with Crippen LogP contribution in [0.4, 0.5) is 0 Å². The van der Waals surface area contributed by atoms with E-state index in [1.54, 1.807) is 0 Å². The van der Waals surface area contributed by atoms with Crippen molar-refractivity contribution in [3.63, 3.8) is 0 Å². The van der Waals surface area contributed by atoms with Crippen LogP contribution >= 0.6 is 0 Å². The van der Waals surface area contributed by atoms with Crippen molar-refractivity contribution in [1.29, 1.82) is 0 Å². The molecule has 0 saturated heterocycles. The average Bonchev–Trinajstić information content (AvgIpc) is 2.15. The van der Waals surface area contributed by atoms with Gasteiger partial charge in [0.1, 0.15) is 9.84 Å². The quantitative estimate of drug-likeness (QED) is 0.787. The third kappa shape index (κ3) is 5.68. The highest BCUT2D eigenvalue weighted by Crippen LogP contribution is 2.32. The molecule has 0 aromatic heterocycles. The van der Waals surface area contributed by atoms with Gasteiger partial charge >= 0.3 is 0 Å². The van der Waals surface area contributed by atoms with E-state index in [1.165, 1.54) is 11.8 Å².